The van der Waals surface area contributed by atoms with Crippen molar-refractivity contribution >= 4 is 11.6 Å². The summed E-state index contributed by atoms with van der Waals surface area (Å²) in [5.74, 6) is 0.216. The van der Waals surface area contributed by atoms with Gasteiger partial charge in [0.2, 0.25) is 5.91 Å². The Morgan fingerprint density at radius 1 is 1.39 bits per heavy atom. The number of aromatic nitrogens is 1. The van der Waals surface area contributed by atoms with Gasteiger partial charge in [0.15, 0.2) is 0 Å². The Hall–Kier alpha value is -1.62. The van der Waals surface area contributed by atoms with Gasteiger partial charge in [0.05, 0.1) is 25.1 Å². The predicted octanol–water partition coefficient (Wildman–Crippen LogP) is 0.845. The van der Waals surface area contributed by atoms with Crippen LogP contribution in [0.4, 0.5) is 5.69 Å². The third-order valence-electron chi connectivity index (χ3n) is 3.03. The van der Waals surface area contributed by atoms with Crippen LogP contribution in [0, 0.1) is 0 Å². The zero-order valence-electron chi connectivity index (χ0n) is 10.5. The first-order valence-corrected chi connectivity index (χ1v) is 6.31. The summed E-state index contributed by atoms with van der Waals surface area (Å²) in [5, 5.41) is 0. The summed E-state index contributed by atoms with van der Waals surface area (Å²) in [4.78, 5) is 18.0. The van der Waals surface area contributed by atoms with Crippen LogP contribution in [0.3, 0.4) is 0 Å². The van der Waals surface area contributed by atoms with Crippen LogP contribution in [0.25, 0.3) is 0 Å². The topological polar surface area (TPSA) is 68.5 Å². The Morgan fingerprint density at radius 3 is 2.83 bits per heavy atom. The summed E-state index contributed by atoms with van der Waals surface area (Å²) in [5.41, 5.74) is 7.22. The number of hydrogen-bond acceptors (Lipinski definition) is 4. The number of nitrogen functional groups attached to an aromatic ring is 1. The van der Waals surface area contributed by atoms with Crippen molar-refractivity contribution in [2.45, 2.75) is 19.3 Å². The van der Waals surface area contributed by atoms with Crippen LogP contribution in [0.2, 0.25) is 0 Å². The molecule has 5 heteroatoms. The van der Waals surface area contributed by atoms with E-state index in [1.54, 1.807) is 6.20 Å². The van der Waals surface area contributed by atoms with Crippen molar-refractivity contribution in [3.8, 4) is 0 Å². The van der Waals surface area contributed by atoms with Crippen LogP contribution in [0.1, 0.15) is 18.5 Å². The Bertz CT molecular complexity index is 386. The van der Waals surface area contributed by atoms with Gasteiger partial charge in [0.1, 0.15) is 0 Å². The number of nitrogens with zero attached hydrogens (tertiary/aromatic N) is 2. The van der Waals surface area contributed by atoms with E-state index in [-0.39, 0.29) is 5.91 Å². The molecule has 1 aromatic heterocycles. The minimum atomic E-state index is 0.216. The number of rotatable bonds is 4. The van der Waals surface area contributed by atoms with Gasteiger partial charge in [0, 0.05) is 25.2 Å². The van der Waals surface area contributed by atoms with Crippen LogP contribution in [-0.4, -0.2) is 42.1 Å². The van der Waals surface area contributed by atoms with Crippen LogP contribution in [-0.2, 0) is 16.0 Å². The number of ether oxygens (including phenoxy) is 1. The summed E-state index contributed by atoms with van der Waals surface area (Å²) in [7, 11) is 0. The molecule has 2 rings (SSSR count). The third-order valence-corrected chi connectivity index (χ3v) is 3.03. The molecule has 1 saturated heterocycles. The molecule has 1 aromatic rings. The number of anilines is 1. The van der Waals surface area contributed by atoms with Crippen molar-refractivity contribution in [3.05, 3.63) is 24.0 Å². The molecule has 2 heterocycles. The van der Waals surface area contributed by atoms with E-state index in [0.29, 0.717) is 25.3 Å². The Morgan fingerprint density at radius 2 is 2.17 bits per heavy atom. The SMILES string of the molecule is Nc1ccc(CCCC(=O)N2CCOCC2)nc1. The molecule has 0 bridgehead atoms. The summed E-state index contributed by atoms with van der Waals surface area (Å²) in [6, 6.07) is 3.75. The first-order valence-electron chi connectivity index (χ1n) is 6.31. The molecule has 1 aliphatic rings. The molecule has 1 amide bonds. The van der Waals surface area contributed by atoms with E-state index in [0.717, 1.165) is 31.6 Å². The van der Waals surface area contributed by atoms with E-state index in [1.807, 2.05) is 17.0 Å². The fourth-order valence-electron chi connectivity index (χ4n) is 1.98. The number of morpholine rings is 1. The first-order chi connectivity index (χ1) is 8.75. The van der Waals surface area contributed by atoms with Gasteiger partial charge < -0.3 is 15.4 Å². The molecular formula is C13H19N3O2. The third kappa shape index (κ3) is 3.70. The molecule has 18 heavy (non-hydrogen) atoms. The van der Waals surface area contributed by atoms with Gasteiger partial charge in [-0.05, 0) is 25.0 Å². The Balaban J connectivity index is 1.71. The van der Waals surface area contributed by atoms with Gasteiger partial charge in [-0.1, -0.05) is 0 Å². The Labute approximate surface area is 107 Å². The lowest BCUT2D eigenvalue weighted by Crippen LogP contribution is -2.40. The molecule has 5 nitrogen and oxygen atoms in total. The molecule has 0 saturated carbocycles. The van der Waals surface area contributed by atoms with E-state index in [9.17, 15) is 4.79 Å². The molecule has 1 aliphatic heterocycles. The standard InChI is InChI=1S/C13H19N3O2/c14-11-4-5-12(15-10-11)2-1-3-13(17)16-6-8-18-9-7-16/h4-5,10H,1-3,6-9,14H2. The lowest BCUT2D eigenvalue weighted by molar-refractivity contribution is -0.135. The zero-order valence-corrected chi connectivity index (χ0v) is 10.5. The largest absolute Gasteiger partial charge is 0.397 e. The molecule has 0 aliphatic carbocycles. The minimum Gasteiger partial charge on any atom is -0.397 e. The number of pyridine rings is 1. The van der Waals surface area contributed by atoms with Crippen molar-refractivity contribution in [3.63, 3.8) is 0 Å². The van der Waals surface area contributed by atoms with Gasteiger partial charge in [-0.25, -0.2) is 0 Å². The van der Waals surface area contributed by atoms with Crippen molar-refractivity contribution in [2.24, 2.45) is 0 Å². The van der Waals surface area contributed by atoms with Gasteiger partial charge in [-0.3, -0.25) is 9.78 Å². The van der Waals surface area contributed by atoms with Gasteiger partial charge in [-0.15, -0.1) is 0 Å². The van der Waals surface area contributed by atoms with Crippen LogP contribution < -0.4 is 5.73 Å². The highest BCUT2D eigenvalue weighted by Crippen LogP contribution is 2.07. The van der Waals surface area contributed by atoms with E-state index in [2.05, 4.69) is 4.98 Å². The van der Waals surface area contributed by atoms with Crippen LogP contribution >= 0.6 is 0 Å². The van der Waals surface area contributed by atoms with Gasteiger partial charge in [0.25, 0.3) is 0 Å². The molecule has 0 radical (unpaired) electrons. The first kappa shape index (κ1) is 12.8. The normalized spacial score (nSPS) is 15.7. The van der Waals surface area contributed by atoms with E-state index in [1.165, 1.54) is 0 Å². The fourth-order valence-corrected chi connectivity index (χ4v) is 1.98. The second-order valence-electron chi connectivity index (χ2n) is 4.43. The highest BCUT2D eigenvalue weighted by atomic mass is 16.5. The fraction of sp³-hybridized carbons (Fsp3) is 0.538. The monoisotopic (exact) mass is 249 g/mol. The highest BCUT2D eigenvalue weighted by molar-refractivity contribution is 5.76. The second kappa shape index (κ2) is 6.35. The summed E-state index contributed by atoms with van der Waals surface area (Å²) >= 11 is 0. The number of nitrogens with two attached hydrogens (primary N) is 1. The number of hydrogen-bond donors (Lipinski definition) is 1. The zero-order chi connectivity index (χ0) is 12.8. The molecule has 0 atom stereocenters. The predicted molar refractivity (Wildman–Crippen MR) is 69.0 cm³/mol. The average molecular weight is 249 g/mol. The van der Waals surface area contributed by atoms with Crippen molar-refractivity contribution in [1.82, 2.24) is 9.88 Å². The number of amides is 1. The Kier molecular flexibility index (Phi) is 4.52. The summed E-state index contributed by atoms with van der Waals surface area (Å²) in [6.45, 7) is 2.76. The van der Waals surface area contributed by atoms with Crippen molar-refractivity contribution in [1.29, 1.82) is 0 Å². The molecule has 0 aromatic carbocycles. The van der Waals surface area contributed by atoms with E-state index in [4.69, 9.17) is 10.5 Å². The quantitative estimate of drug-likeness (QED) is 0.858. The van der Waals surface area contributed by atoms with Crippen LogP contribution in [0.5, 0.6) is 0 Å². The van der Waals surface area contributed by atoms with Gasteiger partial charge in [-0.2, -0.15) is 0 Å². The highest BCUT2D eigenvalue weighted by Gasteiger charge is 2.15. The lowest BCUT2D eigenvalue weighted by Gasteiger charge is -2.26. The smallest absolute Gasteiger partial charge is 0.222 e. The minimum absolute atomic E-state index is 0.216. The van der Waals surface area contributed by atoms with Crippen LogP contribution in [0.15, 0.2) is 18.3 Å². The van der Waals surface area contributed by atoms with E-state index < -0.39 is 0 Å². The molecule has 1 fully saturated rings. The maximum atomic E-state index is 11.9. The number of aryl methyl sites for hydroxylation is 1. The molecule has 0 unspecified atom stereocenters. The van der Waals surface area contributed by atoms with Gasteiger partial charge >= 0.3 is 0 Å². The number of carbonyl (C=O) groups excluding carboxylic acids is 1. The van der Waals surface area contributed by atoms with Crippen molar-refractivity contribution < 1.29 is 9.53 Å². The van der Waals surface area contributed by atoms with E-state index >= 15 is 0 Å². The molecular weight excluding hydrogens is 230 g/mol. The molecule has 0 spiro atoms. The molecule has 2 N–H and O–H groups in total. The second-order valence-corrected chi connectivity index (χ2v) is 4.43. The molecule has 98 valence electrons. The maximum Gasteiger partial charge on any atom is 0.222 e. The van der Waals surface area contributed by atoms with Crippen molar-refractivity contribution in [2.75, 3.05) is 32.0 Å². The summed E-state index contributed by atoms with van der Waals surface area (Å²) < 4.78 is 5.22. The number of carbonyl (C=O) groups is 1. The maximum absolute atomic E-state index is 11.9. The average Bonchev–Trinajstić information content (AvgIpc) is 2.42. The lowest BCUT2D eigenvalue weighted by atomic mass is 10.1. The summed E-state index contributed by atoms with van der Waals surface area (Å²) in [6.07, 6.45) is 3.87.